The van der Waals surface area contributed by atoms with Gasteiger partial charge in [0.1, 0.15) is 11.6 Å². The molecule has 0 radical (unpaired) electrons. The summed E-state index contributed by atoms with van der Waals surface area (Å²) in [5.74, 6) is -0.362. The minimum Gasteiger partial charge on any atom is -0.444 e. The molecule has 0 saturated carbocycles. The number of ether oxygens (including phenoxy) is 2. The second-order valence-electron chi connectivity index (χ2n) is 8.53. The Morgan fingerprint density at radius 3 is 2.19 bits per heavy atom. The fraction of sp³-hybridized carbons (Fsp3) is 0.417. The van der Waals surface area contributed by atoms with Crippen molar-refractivity contribution >= 4 is 40.3 Å². The second kappa shape index (κ2) is 10.9. The molecule has 2 atom stereocenters. The molecule has 0 heterocycles. The molecule has 0 bridgehead atoms. The minimum atomic E-state index is -0.934. The predicted molar refractivity (Wildman–Crippen MR) is 131 cm³/mol. The van der Waals surface area contributed by atoms with Crippen molar-refractivity contribution in [3.05, 3.63) is 62.7 Å². The molecule has 0 aliphatic heterocycles. The lowest BCUT2D eigenvalue weighted by molar-refractivity contribution is -0.122. The Morgan fingerprint density at radius 2 is 1.65 bits per heavy atom. The van der Waals surface area contributed by atoms with Crippen LogP contribution in [-0.2, 0) is 20.9 Å². The maximum atomic E-state index is 13.2. The SMILES string of the molecule is Cc1cc(I)cc(C)c1NC(=O)[C@@H](NC(=O)OC(C)(C)C)[C@H](C)OCc1ccccc1. The number of amides is 2. The van der Waals surface area contributed by atoms with Crippen LogP contribution in [0.2, 0.25) is 0 Å². The Hall–Kier alpha value is -2.13. The zero-order valence-corrected chi connectivity index (χ0v) is 21.1. The van der Waals surface area contributed by atoms with E-state index in [1.165, 1.54) is 0 Å². The van der Waals surface area contributed by atoms with Crippen LogP contribution >= 0.6 is 22.6 Å². The zero-order chi connectivity index (χ0) is 23.2. The van der Waals surface area contributed by atoms with Gasteiger partial charge in [-0.05, 0) is 93.0 Å². The first-order chi connectivity index (χ1) is 14.5. The van der Waals surface area contributed by atoms with E-state index in [1.54, 1.807) is 27.7 Å². The highest BCUT2D eigenvalue weighted by Crippen LogP contribution is 2.24. The summed E-state index contributed by atoms with van der Waals surface area (Å²) in [5.41, 5.74) is 2.94. The molecule has 0 unspecified atom stereocenters. The van der Waals surface area contributed by atoms with Gasteiger partial charge >= 0.3 is 6.09 Å². The number of alkyl carbamates (subject to hydrolysis) is 1. The van der Waals surface area contributed by atoms with Crippen LogP contribution in [0.1, 0.15) is 44.4 Å². The molecule has 0 fully saturated rings. The van der Waals surface area contributed by atoms with Gasteiger partial charge in [-0.2, -0.15) is 0 Å². The molecule has 2 amide bonds. The number of carbonyl (C=O) groups excluding carboxylic acids is 2. The Morgan fingerprint density at radius 1 is 1.06 bits per heavy atom. The van der Waals surface area contributed by atoms with Crippen LogP contribution in [0.3, 0.4) is 0 Å². The third-order valence-corrected chi connectivity index (χ3v) is 5.15. The van der Waals surface area contributed by atoms with Gasteiger partial charge in [0.2, 0.25) is 5.91 Å². The van der Waals surface area contributed by atoms with Gasteiger partial charge in [-0.15, -0.1) is 0 Å². The number of rotatable bonds is 7. The van der Waals surface area contributed by atoms with E-state index in [9.17, 15) is 9.59 Å². The van der Waals surface area contributed by atoms with Crippen molar-refractivity contribution in [2.24, 2.45) is 0 Å². The van der Waals surface area contributed by atoms with E-state index in [0.717, 1.165) is 25.9 Å². The molecular formula is C24H31IN2O4. The second-order valence-corrected chi connectivity index (χ2v) is 9.78. The molecule has 0 saturated heterocycles. The molecule has 2 aromatic carbocycles. The lowest BCUT2D eigenvalue weighted by atomic mass is 10.1. The molecule has 2 rings (SSSR count). The highest BCUT2D eigenvalue weighted by atomic mass is 127. The lowest BCUT2D eigenvalue weighted by Gasteiger charge is -2.27. The molecule has 0 aliphatic rings. The summed E-state index contributed by atoms with van der Waals surface area (Å²) in [5, 5.41) is 5.64. The topological polar surface area (TPSA) is 76.7 Å². The van der Waals surface area contributed by atoms with E-state index in [0.29, 0.717) is 6.61 Å². The predicted octanol–water partition coefficient (Wildman–Crippen LogP) is 5.35. The van der Waals surface area contributed by atoms with E-state index in [2.05, 4.69) is 33.2 Å². The molecule has 0 spiro atoms. The molecule has 2 N–H and O–H groups in total. The van der Waals surface area contributed by atoms with Crippen LogP contribution in [0, 0.1) is 17.4 Å². The van der Waals surface area contributed by atoms with Crippen molar-refractivity contribution in [1.82, 2.24) is 5.32 Å². The van der Waals surface area contributed by atoms with Crippen molar-refractivity contribution < 1.29 is 19.1 Å². The first kappa shape index (κ1) is 25.1. The van der Waals surface area contributed by atoms with Gasteiger partial charge in [0.25, 0.3) is 0 Å². The third kappa shape index (κ3) is 8.14. The van der Waals surface area contributed by atoms with Gasteiger partial charge in [-0.25, -0.2) is 4.79 Å². The fourth-order valence-corrected chi connectivity index (χ4v) is 3.97. The van der Waals surface area contributed by atoms with Crippen LogP contribution in [0.4, 0.5) is 10.5 Å². The van der Waals surface area contributed by atoms with E-state index in [1.807, 2.05) is 56.3 Å². The van der Waals surface area contributed by atoms with Gasteiger partial charge in [0.15, 0.2) is 0 Å². The maximum absolute atomic E-state index is 13.2. The number of benzene rings is 2. The van der Waals surface area contributed by atoms with Crippen molar-refractivity contribution in [2.45, 2.75) is 65.9 Å². The number of anilines is 1. The summed E-state index contributed by atoms with van der Waals surface area (Å²) in [4.78, 5) is 25.6. The summed E-state index contributed by atoms with van der Waals surface area (Å²) in [7, 11) is 0. The van der Waals surface area contributed by atoms with Crippen molar-refractivity contribution in [2.75, 3.05) is 5.32 Å². The quantitative estimate of drug-likeness (QED) is 0.467. The minimum absolute atomic E-state index is 0.323. The molecule has 2 aromatic rings. The largest absolute Gasteiger partial charge is 0.444 e. The molecule has 0 aromatic heterocycles. The summed E-state index contributed by atoms with van der Waals surface area (Å²) >= 11 is 2.24. The molecule has 168 valence electrons. The standard InChI is InChI=1S/C24H31IN2O4/c1-15-12-19(25)13-16(2)20(15)26-22(28)21(27-23(29)31-24(4,5)6)17(3)30-14-18-10-8-7-9-11-18/h7-13,17,21H,14H2,1-6H3,(H,26,28)(H,27,29)/t17-,21-/m0/s1. The number of hydrogen-bond donors (Lipinski definition) is 2. The number of hydrogen-bond acceptors (Lipinski definition) is 4. The normalized spacial score (nSPS) is 13.3. The summed E-state index contributed by atoms with van der Waals surface area (Å²) in [6.07, 6.45) is -1.25. The number of aryl methyl sites for hydroxylation is 2. The van der Waals surface area contributed by atoms with Crippen LogP contribution in [0.15, 0.2) is 42.5 Å². The molecular weight excluding hydrogens is 507 g/mol. The van der Waals surface area contributed by atoms with Crippen LogP contribution < -0.4 is 10.6 Å². The lowest BCUT2D eigenvalue weighted by Crippen LogP contribution is -2.52. The Bertz CT molecular complexity index is 887. The smallest absolute Gasteiger partial charge is 0.408 e. The molecule has 31 heavy (non-hydrogen) atoms. The first-order valence-corrected chi connectivity index (χ1v) is 11.3. The van der Waals surface area contributed by atoms with Gasteiger partial charge in [-0.1, -0.05) is 30.3 Å². The van der Waals surface area contributed by atoms with Gasteiger partial charge in [-0.3, -0.25) is 4.79 Å². The number of carbonyl (C=O) groups is 2. The average Bonchev–Trinajstić information content (AvgIpc) is 2.66. The summed E-state index contributed by atoms with van der Waals surface area (Å²) in [6, 6.07) is 12.7. The fourth-order valence-electron chi connectivity index (χ4n) is 3.04. The summed E-state index contributed by atoms with van der Waals surface area (Å²) in [6.45, 7) is 11.3. The van der Waals surface area contributed by atoms with Crippen LogP contribution in [0.5, 0.6) is 0 Å². The van der Waals surface area contributed by atoms with Crippen LogP contribution in [0.25, 0.3) is 0 Å². The zero-order valence-electron chi connectivity index (χ0n) is 18.9. The first-order valence-electron chi connectivity index (χ1n) is 10.2. The Balaban J connectivity index is 2.19. The van der Waals surface area contributed by atoms with Crippen molar-refractivity contribution in [1.29, 1.82) is 0 Å². The molecule has 6 nitrogen and oxygen atoms in total. The highest BCUT2D eigenvalue weighted by molar-refractivity contribution is 14.1. The number of nitrogens with one attached hydrogen (secondary N) is 2. The number of halogens is 1. The summed E-state index contributed by atoms with van der Waals surface area (Å²) < 4.78 is 12.4. The highest BCUT2D eigenvalue weighted by Gasteiger charge is 2.30. The van der Waals surface area contributed by atoms with E-state index in [-0.39, 0.29) is 5.91 Å². The van der Waals surface area contributed by atoms with Gasteiger partial charge in [0.05, 0.1) is 12.7 Å². The monoisotopic (exact) mass is 538 g/mol. The molecule has 7 heteroatoms. The maximum Gasteiger partial charge on any atom is 0.408 e. The van der Waals surface area contributed by atoms with Crippen LogP contribution in [-0.4, -0.2) is 29.7 Å². The molecule has 0 aliphatic carbocycles. The average molecular weight is 538 g/mol. The van der Waals surface area contributed by atoms with Crippen molar-refractivity contribution in [3.8, 4) is 0 Å². The van der Waals surface area contributed by atoms with E-state index < -0.39 is 23.8 Å². The Kier molecular flexibility index (Phi) is 8.88. The third-order valence-electron chi connectivity index (χ3n) is 4.53. The Labute approximate surface area is 198 Å². The van der Waals surface area contributed by atoms with Crippen molar-refractivity contribution in [3.63, 3.8) is 0 Å². The van der Waals surface area contributed by atoms with Gasteiger partial charge < -0.3 is 20.1 Å². The van der Waals surface area contributed by atoms with E-state index in [4.69, 9.17) is 9.47 Å². The van der Waals surface area contributed by atoms with Gasteiger partial charge in [0, 0.05) is 9.26 Å². The van der Waals surface area contributed by atoms with E-state index >= 15 is 0 Å².